The fraction of sp³-hybridized carbons (Fsp3) is 0.391. The Balaban J connectivity index is 1.85. The van der Waals surface area contributed by atoms with Crippen molar-refractivity contribution in [3.05, 3.63) is 65.7 Å². The van der Waals surface area contributed by atoms with Gasteiger partial charge in [0, 0.05) is 22.8 Å². The van der Waals surface area contributed by atoms with E-state index >= 15 is 0 Å². The van der Waals surface area contributed by atoms with Crippen molar-refractivity contribution in [2.75, 3.05) is 11.4 Å². The summed E-state index contributed by atoms with van der Waals surface area (Å²) in [5, 5.41) is 0. The van der Waals surface area contributed by atoms with Crippen LogP contribution in [0.1, 0.15) is 38.8 Å². The minimum atomic E-state index is -0.976. The molecule has 2 aliphatic rings. The fourth-order valence-corrected chi connectivity index (χ4v) is 5.95. The molecule has 0 N–H and O–H groups in total. The summed E-state index contributed by atoms with van der Waals surface area (Å²) in [4.78, 5) is 29.8. The zero-order chi connectivity index (χ0) is 20.1. The monoisotopic (exact) mass is 394 g/mol. The number of fused-ring (bicyclic) bond motifs is 2. The van der Waals surface area contributed by atoms with Gasteiger partial charge in [-0.05, 0) is 25.5 Å². The molecule has 0 saturated carbocycles. The largest absolute Gasteiger partial charge is 0.314 e. The predicted molar refractivity (Wildman–Crippen MR) is 114 cm³/mol. The molecule has 28 heavy (non-hydrogen) atoms. The van der Waals surface area contributed by atoms with Crippen molar-refractivity contribution < 1.29 is 9.59 Å². The summed E-state index contributed by atoms with van der Waals surface area (Å²) in [6, 6.07) is 17.9. The predicted octanol–water partition coefficient (Wildman–Crippen LogP) is 4.40. The SMILES string of the molecule is CC(C)C(=O)N1CC(C)(C)S[C@@]12C(=O)N(Cc1ccccc1)c1ccccc12. The molecule has 5 heteroatoms. The number of para-hydroxylation sites is 1. The van der Waals surface area contributed by atoms with Crippen LogP contribution in [0.5, 0.6) is 0 Å². The van der Waals surface area contributed by atoms with Gasteiger partial charge in [0.1, 0.15) is 0 Å². The normalized spacial score (nSPS) is 23.0. The Morgan fingerprint density at radius 3 is 2.39 bits per heavy atom. The number of anilines is 1. The first-order valence-electron chi connectivity index (χ1n) is 9.73. The van der Waals surface area contributed by atoms with Gasteiger partial charge in [0.15, 0.2) is 4.87 Å². The molecule has 1 atom stereocenters. The van der Waals surface area contributed by atoms with Crippen molar-refractivity contribution in [1.82, 2.24) is 4.90 Å². The summed E-state index contributed by atoms with van der Waals surface area (Å²) in [6.07, 6.45) is 0. The van der Waals surface area contributed by atoms with Crippen LogP contribution < -0.4 is 4.90 Å². The lowest BCUT2D eigenvalue weighted by atomic mass is 10.0. The molecule has 4 rings (SSSR count). The molecule has 4 nitrogen and oxygen atoms in total. The number of carbonyl (C=O) groups excluding carboxylic acids is 2. The Hall–Kier alpha value is -2.27. The van der Waals surface area contributed by atoms with E-state index in [0.29, 0.717) is 13.1 Å². The van der Waals surface area contributed by atoms with E-state index in [1.54, 1.807) is 11.8 Å². The second kappa shape index (κ2) is 6.66. The average molecular weight is 395 g/mol. The van der Waals surface area contributed by atoms with E-state index in [1.807, 2.05) is 78.2 Å². The smallest absolute Gasteiger partial charge is 0.268 e. The molecule has 2 aromatic rings. The van der Waals surface area contributed by atoms with E-state index in [2.05, 4.69) is 13.8 Å². The molecule has 1 saturated heterocycles. The number of hydrogen-bond acceptors (Lipinski definition) is 3. The highest BCUT2D eigenvalue weighted by molar-refractivity contribution is 8.02. The summed E-state index contributed by atoms with van der Waals surface area (Å²) in [5.41, 5.74) is 2.91. The topological polar surface area (TPSA) is 40.6 Å². The van der Waals surface area contributed by atoms with Crippen molar-refractivity contribution in [3.63, 3.8) is 0 Å². The lowest BCUT2D eigenvalue weighted by Crippen LogP contribution is -2.51. The zero-order valence-electron chi connectivity index (χ0n) is 16.8. The van der Waals surface area contributed by atoms with Gasteiger partial charge >= 0.3 is 0 Å². The van der Waals surface area contributed by atoms with Crippen molar-refractivity contribution in [2.45, 2.75) is 43.9 Å². The summed E-state index contributed by atoms with van der Waals surface area (Å²) < 4.78 is -0.198. The maximum atomic E-state index is 13.9. The quantitative estimate of drug-likeness (QED) is 0.775. The molecule has 0 aromatic heterocycles. The Morgan fingerprint density at radius 2 is 1.71 bits per heavy atom. The lowest BCUT2D eigenvalue weighted by Gasteiger charge is -2.34. The molecule has 2 heterocycles. The zero-order valence-corrected chi connectivity index (χ0v) is 17.6. The molecule has 0 aliphatic carbocycles. The highest BCUT2D eigenvalue weighted by Crippen LogP contribution is 2.59. The van der Waals surface area contributed by atoms with E-state index in [-0.39, 0.29) is 22.5 Å². The number of carbonyl (C=O) groups is 2. The first-order chi connectivity index (χ1) is 13.3. The van der Waals surface area contributed by atoms with Crippen molar-refractivity contribution in [3.8, 4) is 0 Å². The van der Waals surface area contributed by atoms with Crippen molar-refractivity contribution >= 4 is 29.3 Å². The molecule has 0 bridgehead atoms. The van der Waals surface area contributed by atoms with Crippen LogP contribution in [-0.4, -0.2) is 28.0 Å². The van der Waals surface area contributed by atoms with Crippen LogP contribution in [0, 0.1) is 5.92 Å². The highest BCUT2D eigenvalue weighted by Gasteiger charge is 2.63. The third-order valence-corrected chi connectivity index (χ3v) is 6.97. The van der Waals surface area contributed by atoms with Gasteiger partial charge in [0.05, 0.1) is 12.2 Å². The minimum Gasteiger partial charge on any atom is -0.314 e. The van der Waals surface area contributed by atoms with Crippen LogP contribution in [-0.2, 0) is 21.0 Å². The summed E-state index contributed by atoms with van der Waals surface area (Å²) in [6.45, 7) is 9.10. The Bertz CT molecular complexity index is 925. The third kappa shape index (κ3) is 2.84. The van der Waals surface area contributed by atoms with Gasteiger partial charge in [0.2, 0.25) is 5.91 Å². The molecule has 2 aromatic carbocycles. The van der Waals surface area contributed by atoms with Gasteiger partial charge in [0.25, 0.3) is 5.91 Å². The van der Waals surface area contributed by atoms with E-state index < -0.39 is 4.87 Å². The summed E-state index contributed by atoms with van der Waals surface area (Å²) >= 11 is 1.61. The minimum absolute atomic E-state index is 0.0119. The fourth-order valence-electron chi connectivity index (χ4n) is 4.21. The molecule has 0 unspecified atom stereocenters. The molecule has 2 amide bonds. The van der Waals surface area contributed by atoms with Crippen LogP contribution in [0.15, 0.2) is 54.6 Å². The number of thioether (sulfide) groups is 1. The van der Waals surface area contributed by atoms with Gasteiger partial charge < -0.3 is 9.80 Å². The maximum Gasteiger partial charge on any atom is 0.268 e. The first kappa shape index (κ1) is 19.1. The molecular formula is C23H26N2O2S. The highest BCUT2D eigenvalue weighted by atomic mass is 32.2. The third-order valence-electron chi connectivity index (χ3n) is 5.38. The van der Waals surface area contributed by atoms with Crippen molar-refractivity contribution in [1.29, 1.82) is 0 Å². The lowest BCUT2D eigenvalue weighted by molar-refractivity contribution is -0.143. The average Bonchev–Trinajstić information content (AvgIpc) is 3.09. The Kier molecular flexibility index (Phi) is 4.53. The number of amides is 2. The molecular weight excluding hydrogens is 368 g/mol. The second-order valence-electron chi connectivity index (χ2n) is 8.48. The summed E-state index contributed by atoms with van der Waals surface area (Å²) in [7, 11) is 0. The molecule has 2 aliphatic heterocycles. The van der Waals surface area contributed by atoms with Gasteiger partial charge in [-0.1, -0.05) is 62.4 Å². The van der Waals surface area contributed by atoms with E-state index in [9.17, 15) is 9.59 Å². The molecule has 0 radical (unpaired) electrons. The van der Waals surface area contributed by atoms with Gasteiger partial charge in [-0.25, -0.2) is 0 Å². The molecule has 146 valence electrons. The maximum absolute atomic E-state index is 13.9. The number of benzene rings is 2. The van der Waals surface area contributed by atoms with E-state index in [4.69, 9.17) is 0 Å². The van der Waals surface area contributed by atoms with Gasteiger partial charge in [-0.3, -0.25) is 9.59 Å². The van der Waals surface area contributed by atoms with Crippen LogP contribution in [0.25, 0.3) is 0 Å². The number of rotatable bonds is 3. The standard InChI is InChI=1S/C23H26N2O2S/c1-16(2)20(26)25-15-22(3,4)28-23(25)18-12-8-9-13-19(18)24(21(23)27)14-17-10-6-5-7-11-17/h5-13,16H,14-15H2,1-4H3/t23-/m0/s1. The molecule has 1 fully saturated rings. The van der Waals surface area contributed by atoms with Crippen molar-refractivity contribution in [2.24, 2.45) is 5.92 Å². The first-order valence-corrected chi connectivity index (χ1v) is 10.5. The Morgan fingerprint density at radius 1 is 1.07 bits per heavy atom. The number of hydrogen-bond donors (Lipinski definition) is 0. The number of nitrogens with zero attached hydrogens (tertiary/aromatic N) is 2. The van der Waals surface area contributed by atoms with Gasteiger partial charge in [-0.2, -0.15) is 0 Å². The summed E-state index contributed by atoms with van der Waals surface area (Å²) in [5.74, 6) is -0.139. The van der Waals surface area contributed by atoms with E-state index in [1.165, 1.54) is 0 Å². The Labute approximate surface area is 170 Å². The molecule has 1 spiro atoms. The van der Waals surface area contributed by atoms with Crippen LogP contribution in [0.2, 0.25) is 0 Å². The van der Waals surface area contributed by atoms with Crippen LogP contribution >= 0.6 is 11.8 Å². The van der Waals surface area contributed by atoms with Gasteiger partial charge in [-0.15, -0.1) is 11.8 Å². The van der Waals surface area contributed by atoms with Crippen LogP contribution in [0.4, 0.5) is 5.69 Å². The second-order valence-corrected chi connectivity index (χ2v) is 10.4. The van der Waals surface area contributed by atoms with E-state index in [0.717, 1.165) is 16.8 Å². The van der Waals surface area contributed by atoms with Crippen LogP contribution in [0.3, 0.4) is 0 Å².